The van der Waals surface area contributed by atoms with E-state index in [1.807, 2.05) is 13.0 Å². The lowest BCUT2D eigenvalue weighted by atomic mass is 10.1. The van der Waals surface area contributed by atoms with E-state index in [0.717, 1.165) is 0 Å². The van der Waals surface area contributed by atoms with Crippen LogP contribution < -0.4 is 0 Å². The molecule has 2 saturated heterocycles. The zero-order valence-electron chi connectivity index (χ0n) is 8.41. The Hall–Kier alpha value is -0.870. The standard InChI is InChI=1S/C10H14O4/c1-7(3-10(2)6-14-10)9(11)13-5-8-4-12-8/h3,8H,4-6H2,1-2H3/b7-3+. The molecule has 2 unspecified atom stereocenters. The van der Waals surface area contributed by atoms with E-state index in [-0.39, 0.29) is 17.7 Å². The Morgan fingerprint density at radius 3 is 2.86 bits per heavy atom. The SMILES string of the molecule is C/C(=C\C1(C)CO1)C(=O)OCC1CO1. The first kappa shape index (κ1) is 9.68. The van der Waals surface area contributed by atoms with Crippen LogP contribution in [0.4, 0.5) is 0 Å². The molecule has 0 bridgehead atoms. The van der Waals surface area contributed by atoms with Crippen LogP contribution in [0.3, 0.4) is 0 Å². The van der Waals surface area contributed by atoms with E-state index in [0.29, 0.717) is 25.4 Å². The van der Waals surface area contributed by atoms with Gasteiger partial charge in [0.15, 0.2) is 0 Å². The van der Waals surface area contributed by atoms with Gasteiger partial charge in [0, 0.05) is 5.57 Å². The number of hydrogen-bond acceptors (Lipinski definition) is 4. The number of carbonyl (C=O) groups is 1. The third-order valence-electron chi connectivity index (χ3n) is 2.25. The molecule has 0 aliphatic carbocycles. The normalized spacial score (nSPS) is 35.3. The maximum absolute atomic E-state index is 11.4. The summed E-state index contributed by atoms with van der Waals surface area (Å²) in [5.41, 5.74) is 0.366. The topological polar surface area (TPSA) is 51.4 Å². The molecule has 14 heavy (non-hydrogen) atoms. The molecule has 0 spiro atoms. The van der Waals surface area contributed by atoms with Crippen LogP contribution in [-0.4, -0.2) is 37.5 Å². The van der Waals surface area contributed by atoms with Crippen LogP contribution in [0.2, 0.25) is 0 Å². The molecule has 0 radical (unpaired) electrons. The van der Waals surface area contributed by atoms with Gasteiger partial charge in [0.05, 0.1) is 13.2 Å². The molecule has 0 amide bonds. The molecular weight excluding hydrogens is 184 g/mol. The lowest BCUT2D eigenvalue weighted by Crippen LogP contribution is -2.12. The van der Waals surface area contributed by atoms with Crippen molar-refractivity contribution in [3.63, 3.8) is 0 Å². The van der Waals surface area contributed by atoms with Crippen molar-refractivity contribution in [3.8, 4) is 0 Å². The molecule has 0 aromatic carbocycles. The summed E-state index contributed by atoms with van der Waals surface area (Å²) in [6, 6.07) is 0. The van der Waals surface area contributed by atoms with Gasteiger partial charge in [-0.2, -0.15) is 0 Å². The number of carbonyl (C=O) groups excluding carboxylic acids is 1. The zero-order valence-corrected chi connectivity index (χ0v) is 8.41. The Morgan fingerprint density at radius 1 is 1.71 bits per heavy atom. The Balaban J connectivity index is 1.80. The lowest BCUT2D eigenvalue weighted by Gasteiger charge is -2.03. The van der Waals surface area contributed by atoms with Gasteiger partial charge in [-0.05, 0) is 19.9 Å². The van der Waals surface area contributed by atoms with Crippen LogP contribution in [0.15, 0.2) is 11.6 Å². The quantitative estimate of drug-likeness (QED) is 0.378. The monoisotopic (exact) mass is 198 g/mol. The summed E-state index contributed by atoms with van der Waals surface area (Å²) >= 11 is 0. The molecule has 2 heterocycles. The van der Waals surface area contributed by atoms with E-state index < -0.39 is 0 Å². The Kier molecular flexibility index (Phi) is 2.33. The summed E-state index contributed by atoms with van der Waals surface area (Å²) in [5.74, 6) is -0.280. The van der Waals surface area contributed by atoms with Gasteiger partial charge in [0.25, 0.3) is 0 Å². The highest BCUT2D eigenvalue weighted by molar-refractivity contribution is 5.88. The summed E-state index contributed by atoms with van der Waals surface area (Å²) < 4.78 is 15.1. The van der Waals surface area contributed by atoms with Crippen LogP contribution in [0, 0.1) is 0 Å². The fourth-order valence-electron chi connectivity index (χ4n) is 1.16. The minimum Gasteiger partial charge on any atom is -0.459 e. The predicted molar refractivity (Wildman–Crippen MR) is 48.8 cm³/mol. The van der Waals surface area contributed by atoms with Crippen LogP contribution in [0.5, 0.6) is 0 Å². The second kappa shape index (κ2) is 3.37. The third kappa shape index (κ3) is 2.56. The molecule has 0 aromatic heterocycles. The molecule has 0 N–H and O–H groups in total. The average molecular weight is 198 g/mol. The van der Waals surface area contributed by atoms with Crippen molar-refractivity contribution in [2.75, 3.05) is 19.8 Å². The Labute approximate surface area is 82.8 Å². The van der Waals surface area contributed by atoms with Crippen LogP contribution in [0.1, 0.15) is 13.8 Å². The highest BCUT2D eigenvalue weighted by atomic mass is 16.6. The number of ether oxygens (including phenoxy) is 3. The van der Waals surface area contributed by atoms with Crippen molar-refractivity contribution < 1.29 is 19.0 Å². The van der Waals surface area contributed by atoms with E-state index in [2.05, 4.69) is 0 Å². The molecule has 2 fully saturated rings. The van der Waals surface area contributed by atoms with Crippen LogP contribution in [0.25, 0.3) is 0 Å². The molecule has 4 nitrogen and oxygen atoms in total. The molecule has 4 heteroatoms. The molecular formula is C10H14O4. The number of rotatable bonds is 4. The third-order valence-corrected chi connectivity index (χ3v) is 2.25. The zero-order chi connectivity index (χ0) is 10.2. The smallest absolute Gasteiger partial charge is 0.333 e. The second-order valence-electron chi connectivity index (χ2n) is 3.98. The fourth-order valence-corrected chi connectivity index (χ4v) is 1.16. The summed E-state index contributed by atoms with van der Waals surface area (Å²) in [6.45, 7) is 5.43. The van der Waals surface area contributed by atoms with Gasteiger partial charge in [0.2, 0.25) is 0 Å². The molecule has 78 valence electrons. The summed E-state index contributed by atoms with van der Waals surface area (Å²) in [6.07, 6.45) is 1.93. The largest absolute Gasteiger partial charge is 0.459 e. The molecule has 2 atom stereocenters. The van der Waals surface area contributed by atoms with Crippen molar-refractivity contribution in [2.45, 2.75) is 25.6 Å². The average Bonchev–Trinajstić information content (AvgIpc) is 2.99. The summed E-state index contributed by atoms with van der Waals surface area (Å²) in [7, 11) is 0. The van der Waals surface area contributed by atoms with E-state index in [4.69, 9.17) is 14.2 Å². The first-order valence-corrected chi connectivity index (χ1v) is 4.71. The highest BCUT2D eigenvalue weighted by Crippen LogP contribution is 2.28. The van der Waals surface area contributed by atoms with Gasteiger partial charge in [-0.3, -0.25) is 0 Å². The molecule has 2 aliphatic rings. The van der Waals surface area contributed by atoms with Gasteiger partial charge < -0.3 is 14.2 Å². The van der Waals surface area contributed by atoms with Gasteiger partial charge in [-0.25, -0.2) is 4.79 Å². The first-order valence-electron chi connectivity index (χ1n) is 4.71. The lowest BCUT2D eigenvalue weighted by molar-refractivity contribution is -0.139. The molecule has 0 saturated carbocycles. The van der Waals surface area contributed by atoms with E-state index in [1.165, 1.54) is 0 Å². The van der Waals surface area contributed by atoms with Crippen LogP contribution >= 0.6 is 0 Å². The van der Waals surface area contributed by atoms with Gasteiger partial charge >= 0.3 is 5.97 Å². The molecule has 2 rings (SSSR count). The number of hydrogen-bond donors (Lipinski definition) is 0. The van der Waals surface area contributed by atoms with E-state index in [1.54, 1.807) is 6.92 Å². The van der Waals surface area contributed by atoms with Crippen molar-refractivity contribution in [3.05, 3.63) is 11.6 Å². The van der Waals surface area contributed by atoms with Crippen LogP contribution in [-0.2, 0) is 19.0 Å². The first-order chi connectivity index (χ1) is 6.59. The molecule has 2 aliphatic heterocycles. The van der Waals surface area contributed by atoms with Crippen molar-refractivity contribution in [1.82, 2.24) is 0 Å². The highest BCUT2D eigenvalue weighted by Gasteiger charge is 2.37. The van der Waals surface area contributed by atoms with Crippen molar-refractivity contribution in [1.29, 1.82) is 0 Å². The van der Waals surface area contributed by atoms with E-state index in [9.17, 15) is 4.79 Å². The fraction of sp³-hybridized carbons (Fsp3) is 0.700. The maximum atomic E-state index is 11.4. The summed E-state index contributed by atoms with van der Waals surface area (Å²) in [5, 5.41) is 0. The van der Waals surface area contributed by atoms with Crippen molar-refractivity contribution in [2.24, 2.45) is 0 Å². The summed E-state index contributed by atoms with van der Waals surface area (Å²) in [4.78, 5) is 11.4. The van der Waals surface area contributed by atoms with E-state index >= 15 is 0 Å². The second-order valence-corrected chi connectivity index (χ2v) is 3.98. The number of esters is 1. The maximum Gasteiger partial charge on any atom is 0.333 e. The minimum atomic E-state index is -0.280. The Bertz CT molecular complexity index is 274. The van der Waals surface area contributed by atoms with Gasteiger partial charge in [-0.1, -0.05) is 0 Å². The number of epoxide rings is 2. The van der Waals surface area contributed by atoms with Crippen molar-refractivity contribution >= 4 is 5.97 Å². The van der Waals surface area contributed by atoms with Gasteiger partial charge in [0.1, 0.15) is 18.3 Å². The predicted octanol–water partition coefficient (Wildman–Crippen LogP) is 0.664. The Morgan fingerprint density at radius 2 is 2.36 bits per heavy atom. The minimum absolute atomic E-state index is 0.125. The molecule has 0 aromatic rings. The van der Waals surface area contributed by atoms with Gasteiger partial charge in [-0.15, -0.1) is 0 Å².